The van der Waals surface area contributed by atoms with E-state index in [4.69, 9.17) is 4.98 Å². The molecule has 7 aromatic rings. The molecule has 6 aromatic carbocycles. The van der Waals surface area contributed by atoms with Gasteiger partial charge >= 0.3 is 0 Å². The Morgan fingerprint density at radius 1 is 0.434 bits per heavy atom. The second-order valence-corrected chi connectivity index (χ2v) is 19.5. The molecule has 0 saturated heterocycles. The van der Waals surface area contributed by atoms with E-state index in [1.54, 1.807) is 0 Å². The molecule has 3 nitrogen and oxygen atoms in total. The maximum Gasteiger partial charge on any atom is 0.142 e. The Balaban J connectivity index is 0.00000209. The predicted octanol–water partition coefficient (Wildman–Crippen LogP) is 2.01. The van der Waals surface area contributed by atoms with Gasteiger partial charge in [0.25, 0.3) is 0 Å². The van der Waals surface area contributed by atoms with Gasteiger partial charge < -0.3 is 35.0 Å². The lowest BCUT2D eigenvalue weighted by Gasteiger charge is -2.31. The van der Waals surface area contributed by atoms with E-state index in [-0.39, 0.29) is 49.6 Å². The SMILES string of the molecule is Cc1nc(C[P+](c2ccccc2)(c2ccccc2)c2ccccc2)c(C[P+](c2ccccc2)(c2ccccc2)c2ccccc2)c(CO)c1O.Cl.[Cl-].[Cl-]. The van der Waals surface area contributed by atoms with E-state index in [1.165, 1.54) is 31.8 Å². The van der Waals surface area contributed by atoms with Gasteiger partial charge in [-0.05, 0) is 79.7 Å². The highest BCUT2D eigenvalue weighted by Crippen LogP contribution is 2.62. The Labute approximate surface area is 333 Å². The fraction of sp³-hybridized carbons (Fsp3) is 0.0889. The zero-order chi connectivity index (χ0) is 34.4. The molecule has 0 aliphatic heterocycles. The fourth-order valence-corrected chi connectivity index (χ4v) is 15.9. The number of hydrogen-bond donors (Lipinski definition) is 2. The Morgan fingerprint density at radius 2 is 0.698 bits per heavy atom. The van der Waals surface area contributed by atoms with Gasteiger partial charge in [0.2, 0.25) is 0 Å². The van der Waals surface area contributed by atoms with Crippen LogP contribution >= 0.6 is 26.9 Å². The zero-order valence-electron chi connectivity index (χ0n) is 29.3. The first kappa shape index (κ1) is 41.7. The van der Waals surface area contributed by atoms with Gasteiger partial charge in [0.15, 0.2) is 0 Å². The average molecular weight is 797 g/mol. The third-order valence-corrected chi connectivity index (χ3v) is 18.4. The van der Waals surface area contributed by atoms with Gasteiger partial charge in [-0.15, -0.1) is 12.4 Å². The number of halogens is 3. The highest BCUT2D eigenvalue weighted by atomic mass is 35.5. The largest absolute Gasteiger partial charge is 1.00 e. The van der Waals surface area contributed by atoms with Crippen LogP contribution in [0.25, 0.3) is 0 Å². The van der Waals surface area contributed by atoms with E-state index in [2.05, 4.69) is 182 Å². The van der Waals surface area contributed by atoms with Gasteiger partial charge in [0, 0.05) is 11.1 Å². The number of aryl methyl sites for hydroxylation is 1. The quantitative estimate of drug-likeness (QED) is 0.197. The molecule has 2 N–H and O–H groups in total. The molecule has 0 saturated carbocycles. The van der Waals surface area contributed by atoms with Crippen LogP contribution in [0.5, 0.6) is 5.75 Å². The highest BCUT2D eigenvalue weighted by molar-refractivity contribution is 7.95. The van der Waals surface area contributed by atoms with Crippen molar-refractivity contribution in [3.63, 3.8) is 0 Å². The number of benzene rings is 6. The molecular formula is C45H42Cl3NO2P2. The van der Waals surface area contributed by atoms with Crippen molar-refractivity contribution in [3.8, 4) is 5.75 Å². The molecule has 0 amide bonds. The molecule has 7 rings (SSSR count). The maximum absolute atomic E-state index is 11.7. The number of rotatable bonds is 11. The van der Waals surface area contributed by atoms with Crippen LogP contribution in [-0.2, 0) is 18.9 Å². The molecule has 1 heterocycles. The van der Waals surface area contributed by atoms with Crippen LogP contribution in [0.1, 0.15) is 22.5 Å². The van der Waals surface area contributed by atoms with Crippen LogP contribution in [0, 0.1) is 6.92 Å². The van der Waals surface area contributed by atoms with Crippen LogP contribution in [0.15, 0.2) is 182 Å². The summed E-state index contributed by atoms with van der Waals surface area (Å²) in [5.74, 6) is 0.0709. The molecule has 0 fully saturated rings. The van der Waals surface area contributed by atoms with E-state index in [1.807, 2.05) is 6.92 Å². The van der Waals surface area contributed by atoms with Gasteiger partial charge in [-0.25, -0.2) is 4.98 Å². The van der Waals surface area contributed by atoms with Crippen LogP contribution < -0.4 is 56.6 Å². The molecule has 0 bridgehead atoms. The Morgan fingerprint density at radius 3 is 0.962 bits per heavy atom. The van der Waals surface area contributed by atoms with Gasteiger partial charge in [0.05, 0.1) is 18.0 Å². The molecule has 53 heavy (non-hydrogen) atoms. The minimum absolute atomic E-state index is 0. The molecule has 0 atom stereocenters. The van der Waals surface area contributed by atoms with Crippen molar-refractivity contribution in [1.29, 1.82) is 0 Å². The average Bonchev–Trinajstić information content (AvgIpc) is 3.19. The Hall–Kier alpha value is -4.04. The minimum atomic E-state index is -2.41. The molecule has 0 aliphatic carbocycles. The summed E-state index contributed by atoms with van der Waals surface area (Å²) in [6, 6.07) is 64.8. The number of aliphatic hydroxyl groups is 1. The summed E-state index contributed by atoms with van der Waals surface area (Å²) in [5, 5.41) is 30.3. The van der Waals surface area contributed by atoms with Crippen LogP contribution in [0.4, 0.5) is 0 Å². The van der Waals surface area contributed by atoms with Crippen molar-refractivity contribution in [2.24, 2.45) is 0 Å². The summed E-state index contributed by atoms with van der Waals surface area (Å²) in [7, 11) is -4.77. The summed E-state index contributed by atoms with van der Waals surface area (Å²) in [6.45, 7) is 1.56. The van der Waals surface area contributed by atoms with E-state index in [9.17, 15) is 10.2 Å². The second-order valence-electron chi connectivity index (χ2n) is 12.6. The molecule has 0 unspecified atom stereocenters. The van der Waals surface area contributed by atoms with Gasteiger partial charge in [-0.1, -0.05) is 109 Å². The number of pyridine rings is 1. The monoisotopic (exact) mass is 795 g/mol. The van der Waals surface area contributed by atoms with Crippen molar-refractivity contribution in [2.45, 2.75) is 25.9 Å². The number of aromatic hydroxyl groups is 1. The normalized spacial score (nSPS) is 11.1. The van der Waals surface area contributed by atoms with Gasteiger partial charge in [-0.3, -0.25) is 0 Å². The molecule has 0 aliphatic rings. The van der Waals surface area contributed by atoms with Crippen LogP contribution in [-0.4, -0.2) is 15.2 Å². The van der Waals surface area contributed by atoms with Crippen LogP contribution in [0.3, 0.4) is 0 Å². The first-order valence-electron chi connectivity index (χ1n) is 17.0. The lowest BCUT2D eigenvalue weighted by atomic mass is 10.1. The second kappa shape index (κ2) is 18.8. The smallest absolute Gasteiger partial charge is 0.142 e. The Bertz CT molecular complexity index is 1970. The molecule has 270 valence electrons. The van der Waals surface area contributed by atoms with Crippen molar-refractivity contribution >= 4 is 58.8 Å². The van der Waals surface area contributed by atoms with Crippen molar-refractivity contribution < 1.29 is 35.0 Å². The standard InChI is InChI=1S/C45H40NO2P2.3ClH/c1-35-45(48)42(32-47)43(33-49(36-20-8-2-9-21-36,37-22-10-3-11-23-37)38-24-12-4-13-25-38)44(46-35)34-50(39-26-14-5-15-27-39,40-28-16-6-17-29-40)41-30-18-7-19-31-41;;;/h2-31,47H,32-34H2,1H3;3*1H/q+1;;;/p-1. The van der Waals surface area contributed by atoms with E-state index >= 15 is 0 Å². The molecular weight excluding hydrogens is 755 g/mol. The number of nitrogens with zero attached hydrogens (tertiary/aromatic N) is 1. The molecule has 8 heteroatoms. The predicted molar refractivity (Wildman–Crippen MR) is 222 cm³/mol. The third-order valence-electron chi connectivity index (χ3n) is 9.77. The molecule has 1 aromatic heterocycles. The maximum atomic E-state index is 11.7. The van der Waals surface area contributed by atoms with Crippen molar-refractivity contribution in [3.05, 3.63) is 205 Å². The lowest BCUT2D eigenvalue weighted by molar-refractivity contribution is -0.001000. The van der Waals surface area contributed by atoms with Gasteiger partial charge in [0.1, 0.15) is 64.4 Å². The lowest BCUT2D eigenvalue weighted by Crippen LogP contribution is -3.00. The summed E-state index contributed by atoms with van der Waals surface area (Å²) in [5.41, 5.74) is 2.93. The van der Waals surface area contributed by atoms with Crippen molar-refractivity contribution in [2.75, 3.05) is 0 Å². The highest BCUT2D eigenvalue weighted by Gasteiger charge is 2.50. The first-order valence-corrected chi connectivity index (χ1v) is 20.9. The third kappa shape index (κ3) is 8.08. The summed E-state index contributed by atoms with van der Waals surface area (Å²) < 4.78 is 0. The summed E-state index contributed by atoms with van der Waals surface area (Å²) in [6.07, 6.45) is 1.22. The number of hydrogen-bond acceptors (Lipinski definition) is 3. The zero-order valence-corrected chi connectivity index (χ0v) is 33.5. The number of aromatic nitrogens is 1. The van der Waals surface area contributed by atoms with Crippen molar-refractivity contribution in [1.82, 2.24) is 4.98 Å². The summed E-state index contributed by atoms with van der Waals surface area (Å²) in [4.78, 5) is 5.29. The molecule has 0 spiro atoms. The molecule has 0 radical (unpaired) electrons. The minimum Gasteiger partial charge on any atom is -1.00 e. The van der Waals surface area contributed by atoms with Gasteiger partial charge in [-0.2, -0.15) is 0 Å². The van der Waals surface area contributed by atoms with E-state index in [0.717, 1.165) is 11.3 Å². The summed E-state index contributed by atoms with van der Waals surface area (Å²) >= 11 is 0. The number of aliphatic hydroxyl groups excluding tert-OH is 1. The van der Waals surface area contributed by atoms with E-state index in [0.29, 0.717) is 23.6 Å². The Kier molecular flexibility index (Phi) is 14.8. The topological polar surface area (TPSA) is 53.4 Å². The fourth-order valence-electron chi connectivity index (χ4n) is 7.34. The van der Waals surface area contributed by atoms with Crippen LogP contribution in [0.2, 0.25) is 0 Å². The van der Waals surface area contributed by atoms with E-state index < -0.39 is 14.5 Å². The first-order chi connectivity index (χ1) is 24.6.